The molecule has 0 unspecified atom stereocenters. The van der Waals surface area contributed by atoms with Crippen molar-refractivity contribution in [1.82, 2.24) is 5.32 Å². The fraction of sp³-hybridized carbons (Fsp3) is 1.00. The third kappa shape index (κ3) is 2.42. The van der Waals surface area contributed by atoms with E-state index in [1.807, 2.05) is 0 Å². The first-order valence-corrected chi connectivity index (χ1v) is 3.26. The van der Waals surface area contributed by atoms with Gasteiger partial charge in [0.1, 0.15) is 0 Å². The molecule has 0 radical (unpaired) electrons. The second-order valence-electron chi connectivity index (χ2n) is 2.33. The summed E-state index contributed by atoms with van der Waals surface area (Å²) >= 11 is 0. The van der Waals surface area contributed by atoms with Crippen LogP contribution in [0.2, 0.25) is 0 Å². The molecule has 2 N–H and O–H groups in total. The summed E-state index contributed by atoms with van der Waals surface area (Å²) < 4.78 is 5.01. The van der Waals surface area contributed by atoms with Gasteiger partial charge in [0.25, 0.3) is 0 Å². The maximum Gasteiger partial charge on any atom is 0.0926 e. The molecule has 10 heavy (non-hydrogen) atoms. The number of hydrogen-bond acceptors (Lipinski definition) is 3. The van der Waals surface area contributed by atoms with Gasteiger partial charge in [-0.1, -0.05) is 0 Å². The number of hydrogen-bond donors (Lipinski definition) is 2. The highest BCUT2D eigenvalue weighted by Crippen LogP contribution is 2.05. The van der Waals surface area contributed by atoms with Crippen LogP contribution in [0.4, 0.5) is 0 Å². The summed E-state index contributed by atoms with van der Waals surface area (Å²) in [7, 11) is 1.64. The van der Waals surface area contributed by atoms with Gasteiger partial charge >= 0.3 is 0 Å². The van der Waals surface area contributed by atoms with Gasteiger partial charge in [0.15, 0.2) is 0 Å². The molecule has 1 fully saturated rings. The van der Waals surface area contributed by atoms with Crippen LogP contribution < -0.4 is 5.32 Å². The molecule has 0 aromatic heterocycles. The van der Waals surface area contributed by atoms with Crippen LogP contribution in [-0.4, -0.2) is 37.5 Å². The molecule has 1 saturated heterocycles. The zero-order valence-corrected chi connectivity index (χ0v) is 6.86. The number of methoxy groups -OCH3 is 1. The van der Waals surface area contributed by atoms with Crippen LogP contribution in [-0.2, 0) is 4.74 Å². The molecule has 3 nitrogen and oxygen atoms in total. The van der Waals surface area contributed by atoms with Crippen LogP contribution in [0.5, 0.6) is 0 Å². The van der Waals surface area contributed by atoms with Gasteiger partial charge in [-0.15, -0.1) is 12.4 Å². The molecule has 0 saturated carbocycles. The Labute approximate surface area is 67.2 Å². The zero-order valence-electron chi connectivity index (χ0n) is 6.04. The fourth-order valence-corrected chi connectivity index (χ4v) is 1.09. The second kappa shape index (κ2) is 4.91. The summed E-state index contributed by atoms with van der Waals surface area (Å²) in [6, 6.07) is 0. The predicted molar refractivity (Wildman–Crippen MR) is 41.5 cm³/mol. The van der Waals surface area contributed by atoms with Crippen LogP contribution in [0.3, 0.4) is 0 Å². The number of aliphatic hydroxyl groups is 1. The van der Waals surface area contributed by atoms with Crippen LogP contribution >= 0.6 is 12.4 Å². The van der Waals surface area contributed by atoms with Crippen molar-refractivity contribution in [3.8, 4) is 0 Å². The van der Waals surface area contributed by atoms with Crippen molar-refractivity contribution in [3.63, 3.8) is 0 Å². The van der Waals surface area contributed by atoms with E-state index in [2.05, 4.69) is 5.32 Å². The summed E-state index contributed by atoms with van der Waals surface area (Å²) in [6.07, 6.45) is 0.646. The van der Waals surface area contributed by atoms with E-state index in [-0.39, 0.29) is 24.6 Å². The van der Waals surface area contributed by atoms with E-state index >= 15 is 0 Å². The van der Waals surface area contributed by atoms with Gasteiger partial charge < -0.3 is 15.2 Å². The topological polar surface area (TPSA) is 41.5 Å². The highest BCUT2D eigenvalue weighted by molar-refractivity contribution is 5.85. The lowest BCUT2D eigenvalue weighted by molar-refractivity contribution is -0.0280. The van der Waals surface area contributed by atoms with E-state index in [0.29, 0.717) is 6.54 Å². The first-order chi connectivity index (χ1) is 4.34. The Morgan fingerprint density at radius 3 is 2.70 bits per heavy atom. The molecule has 0 spiro atoms. The number of piperidine rings is 1. The number of nitrogens with one attached hydrogen (secondary N) is 1. The van der Waals surface area contributed by atoms with Gasteiger partial charge in [-0.2, -0.15) is 0 Å². The van der Waals surface area contributed by atoms with Crippen LogP contribution in [0.1, 0.15) is 6.42 Å². The van der Waals surface area contributed by atoms with E-state index < -0.39 is 0 Å². The molecule has 0 amide bonds. The number of halogens is 1. The van der Waals surface area contributed by atoms with Crippen LogP contribution in [0.15, 0.2) is 0 Å². The van der Waals surface area contributed by atoms with Gasteiger partial charge in [0.2, 0.25) is 0 Å². The maximum atomic E-state index is 9.18. The van der Waals surface area contributed by atoms with E-state index in [0.717, 1.165) is 13.0 Å². The largest absolute Gasteiger partial charge is 0.389 e. The average Bonchev–Trinajstić information content (AvgIpc) is 1.89. The molecule has 2 atom stereocenters. The van der Waals surface area contributed by atoms with Gasteiger partial charge in [0.05, 0.1) is 12.2 Å². The second-order valence-corrected chi connectivity index (χ2v) is 2.33. The molecule has 0 aliphatic carbocycles. The van der Waals surface area contributed by atoms with Crippen LogP contribution in [0.25, 0.3) is 0 Å². The molecule has 0 aromatic carbocycles. The van der Waals surface area contributed by atoms with Crippen LogP contribution in [0, 0.1) is 0 Å². The first-order valence-electron chi connectivity index (χ1n) is 3.26. The molecular weight excluding hydrogens is 154 g/mol. The predicted octanol–water partition coefficient (Wildman–Crippen LogP) is -0.223. The summed E-state index contributed by atoms with van der Waals surface area (Å²) in [6.45, 7) is 1.62. The third-order valence-electron chi connectivity index (χ3n) is 1.69. The quantitative estimate of drug-likeness (QED) is 0.568. The van der Waals surface area contributed by atoms with Gasteiger partial charge in [-0.05, 0) is 13.0 Å². The normalized spacial score (nSPS) is 33.0. The molecule has 1 aliphatic rings. The number of aliphatic hydroxyl groups excluding tert-OH is 1. The highest BCUT2D eigenvalue weighted by Gasteiger charge is 2.21. The smallest absolute Gasteiger partial charge is 0.0926 e. The molecule has 62 valence electrons. The first kappa shape index (κ1) is 10.2. The third-order valence-corrected chi connectivity index (χ3v) is 1.69. The lowest BCUT2D eigenvalue weighted by Crippen LogP contribution is -2.44. The van der Waals surface area contributed by atoms with Crippen molar-refractivity contribution < 1.29 is 9.84 Å². The van der Waals surface area contributed by atoms with E-state index in [1.54, 1.807) is 7.11 Å². The Balaban J connectivity index is 0.000000810. The minimum absolute atomic E-state index is 0. The highest BCUT2D eigenvalue weighted by atomic mass is 35.5. The molecule has 1 aliphatic heterocycles. The van der Waals surface area contributed by atoms with Crippen molar-refractivity contribution in [3.05, 3.63) is 0 Å². The molecule has 1 rings (SSSR count). The van der Waals surface area contributed by atoms with E-state index in [4.69, 9.17) is 4.74 Å². The maximum absolute atomic E-state index is 9.18. The van der Waals surface area contributed by atoms with Gasteiger partial charge in [-0.3, -0.25) is 0 Å². The molecular formula is C6H14ClNO2. The Bertz CT molecular complexity index is 91.8. The number of rotatable bonds is 1. The van der Waals surface area contributed by atoms with Gasteiger partial charge in [-0.25, -0.2) is 0 Å². The van der Waals surface area contributed by atoms with Gasteiger partial charge in [0, 0.05) is 13.7 Å². The molecule has 1 heterocycles. The SMILES string of the molecule is CO[C@@H]1CCNC[C@H]1O.Cl. The summed E-state index contributed by atoms with van der Waals surface area (Å²) in [4.78, 5) is 0. The molecule has 0 aromatic rings. The molecule has 0 bridgehead atoms. The molecule has 4 heteroatoms. The average molecular weight is 168 g/mol. The fourth-order valence-electron chi connectivity index (χ4n) is 1.09. The van der Waals surface area contributed by atoms with E-state index in [9.17, 15) is 5.11 Å². The summed E-state index contributed by atoms with van der Waals surface area (Å²) in [5, 5.41) is 12.3. The Morgan fingerprint density at radius 2 is 2.30 bits per heavy atom. The van der Waals surface area contributed by atoms with Crippen molar-refractivity contribution >= 4 is 12.4 Å². The van der Waals surface area contributed by atoms with Crippen molar-refractivity contribution in [2.45, 2.75) is 18.6 Å². The Morgan fingerprint density at radius 1 is 1.60 bits per heavy atom. The van der Waals surface area contributed by atoms with Crippen molar-refractivity contribution in [2.75, 3.05) is 20.2 Å². The van der Waals surface area contributed by atoms with Crippen molar-refractivity contribution in [1.29, 1.82) is 0 Å². The lowest BCUT2D eigenvalue weighted by atomic mass is 10.1. The van der Waals surface area contributed by atoms with Crippen molar-refractivity contribution in [2.24, 2.45) is 0 Å². The Kier molecular flexibility index (Phi) is 4.99. The number of β-amino-alcohol motifs (C(OH)–C–C–N with tert-alkyl or cyclic N) is 1. The lowest BCUT2D eigenvalue weighted by Gasteiger charge is -2.26. The minimum Gasteiger partial charge on any atom is -0.389 e. The summed E-state index contributed by atoms with van der Waals surface area (Å²) in [5.74, 6) is 0. The van der Waals surface area contributed by atoms with E-state index in [1.165, 1.54) is 0 Å². The standard InChI is InChI=1S/C6H13NO2.ClH/c1-9-6-2-3-7-4-5(6)8;/h5-8H,2-4H2,1H3;1H/t5-,6-;/m1./s1. The minimum atomic E-state index is -0.316. The Hall–Kier alpha value is 0.170. The summed E-state index contributed by atoms with van der Waals surface area (Å²) in [5.41, 5.74) is 0. The monoisotopic (exact) mass is 167 g/mol. The zero-order chi connectivity index (χ0) is 6.69. The number of ether oxygens (including phenoxy) is 1.